The Morgan fingerprint density at radius 3 is 3.27 bits per heavy atom. The average Bonchev–Trinajstić information content (AvgIpc) is 2.49. The number of fused-ring (bicyclic) bond motifs is 4. The zero-order valence-electron chi connectivity index (χ0n) is 6.20. The van der Waals surface area contributed by atoms with Gasteiger partial charge in [-0.15, -0.1) is 0 Å². The molecule has 11 heavy (non-hydrogen) atoms. The van der Waals surface area contributed by atoms with Crippen LogP contribution in [0.5, 0.6) is 0 Å². The van der Waals surface area contributed by atoms with E-state index in [4.69, 9.17) is 0 Å². The summed E-state index contributed by atoms with van der Waals surface area (Å²) in [4.78, 5) is 4.19. The highest BCUT2D eigenvalue weighted by molar-refractivity contribution is 5.50. The van der Waals surface area contributed by atoms with Gasteiger partial charge in [-0.3, -0.25) is 4.98 Å². The Morgan fingerprint density at radius 1 is 1.36 bits per heavy atom. The van der Waals surface area contributed by atoms with Crippen LogP contribution in [-0.2, 0) is 0 Å². The smallest absolute Gasteiger partial charge is 0.0305 e. The molecular weight excluding hydrogens is 134 g/mol. The molecule has 1 heteroatoms. The van der Waals surface area contributed by atoms with E-state index < -0.39 is 0 Å². The molecular formula is C10H9N. The largest absolute Gasteiger partial charge is 0.264 e. The van der Waals surface area contributed by atoms with Crippen LogP contribution in [0.4, 0.5) is 0 Å². The molecule has 0 saturated heterocycles. The lowest BCUT2D eigenvalue weighted by Crippen LogP contribution is -2.14. The quantitative estimate of drug-likeness (QED) is 0.540. The van der Waals surface area contributed by atoms with Gasteiger partial charge in [0.25, 0.3) is 0 Å². The molecule has 3 aliphatic rings. The van der Waals surface area contributed by atoms with Crippen LogP contribution in [0.15, 0.2) is 18.5 Å². The van der Waals surface area contributed by atoms with Gasteiger partial charge in [-0.05, 0) is 47.3 Å². The molecule has 4 atom stereocenters. The lowest BCUT2D eigenvalue weighted by Gasteiger charge is -2.25. The van der Waals surface area contributed by atoms with Gasteiger partial charge in [0.2, 0.25) is 0 Å². The highest BCUT2D eigenvalue weighted by Gasteiger charge is 2.68. The second-order valence-electron chi connectivity index (χ2n) is 4.11. The van der Waals surface area contributed by atoms with Crippen LogP contribution >= 0.6 is 0 Å². The molecule has 2 saturated carbocycles. The van der Waals surface area contributed by atoms with Crippen molar-refractivity contribution in [1.29, 1.82) is 0 Å². The Balaban J connectivity index is 2.06. The SMILES string of the molecule is c1cc2c(cn1)C1C3CC2C31. The highest BCUT2D eigenvalue weighted by Crippen LogP contribution is 2.78. The van der Waals surface area contributed by atoms with E-state index in [1.54, 1.807) is 11.1 Å². The summed E-state index contributed by atoms with van der Waals surface area (Å²) in [6.45, 7) is 0. The Morgan fingerprint density at radius 2 is 2.36 bits per heavy atom. The van der Waals surface area contributed by atoms with Gasteiger partial charge in [0, 0.05) is 12.4 Å². The lowest BCUT2D eigenvalue weighted by atomic mass is 9.79. The van der Waals surface area contributed by atoms with Crippen molar-refractivity contribution in [2.24, 2.45) is 11.8 Å². The van der Waals surface area contributed by atoms with Crippen molar-refractivity contribution in [2.75, 3.05) is 0 Å². The van der Waals surface area contributed by atoms with E-state index in [2.05, 4.69) is 17.2 Å². The van der Waals surface area contributed by atoms with E-state index >= 15 is 0 Å². The van der Waals surface area contributed by atoms with Crippen molar-refractivity contribution >= 4 is 0 Å². The van der Waals surface area contributed by atoms with Crippen LogP contribution in [0.1, 0.15) is 29.4 Å². The van der Waals surface area contributed by atoms with Crippen molar-refractivity contribution in [3.05, 3.63) is 29.6 Å². The third-order valence-corrected chi connectivity index (χ3v) is 3.87. The topological polar surface area (TPSA) is 12.9 Å². The summed E-state index contributed by atoms with van der Waals surface area (Å²) in [6.07, 6.45) is 5.51. The monoisotopic (exact) mass is 143 g/mol. The molecule has 0 aromatic carbocycles. The van der Waals surface area contributed by atoms with E-state index in [0.29, 0.717) is 0 Å². The molecule has 1 heterocycles. The maximum Gasteiger partial charge on any atom is 0.0305 e. The van der Waals surface area contributed by atoms with Gasteiger partial charge >= 0.3 is 0 Å². The molecule has 0 N–H and O–H groups in total. The summed E-state index contributed by atoms with van der Waals surface area (Å²) in [5, 5.41) is 0. The number of hydrogen-bond donors (Lipinski definition) is 0. The predicted octanol–water partition coefficient (Wildman–Crippen LogP) is 1.91. The highest BCUT2D eigenvalue weighted by atomic mass is 14.7. The summed E-state index contributed by atoms with van der Waals surface area (Å²) in [7, 11) is 0. The molecule has 0 spiro atoms. The Kier molecular flexibility index (Phi) is 0.553. The molecule has 4 unspecified atom stereocenters. The summed E-state index contributed by atoms with van der Waals surface area (Å²) >= 11 is 0. The van der Waals surface area contributed by atoms with E-state index in [0.717, 1.165) is 23.7 Å². The molecule has 4 rings (SSSR count). The summed E-state index contributed by atoms with van der Waals surface area (Å²) in [5.41, 5.74) is 3.20. The Hall–Kier alpha value is -0.850. The van der Waals surface area contributed by atoms with Gasteiger partial charge in [-0.25, -0.2) is 0 Å². The van der Waals surface area contributed by atoms with Crippen molar-refractivity contribution in [1.82, 2.24) is 4.98 Å². The van der Waals surface area contributed by atoms with Crippen molar-refractivity contribution in [3.63, 3.8) is 0 Å². The van der Waals surface area contributed by atoms with Crippen molar-refractivity contribution in [2.45, 2.75) is 18.3 Å². The summed E-state index contributed by atoms with van der Waals surface area (Å²) in [5.74, 6) is 4.04. The maximum atomic E-state index is 4.19. The van der Waals surface area contributed by atoms with Gasteiger partial charge in [0.05, 0.1) is 0 Å². The van der Waals surface area contributed by atoms with E-state index in [1.807, 2.05) is 6.20 Å². The van der Waals surface area contributed by atoms with Crippen molar-refractivity contribution < 1.29 is 0 Å². The minimum absolute atomic E-state index is 0.947. The van der Waals surface area contributed by atoms with Gasteiger partial charge in [0.15, 0.2) is 0 Å². The first-order valence-electron chi connectivity index (χ1n) is 4.40. The molecule has 54 valence electrons. The molecule has 2 fully saturated rings. The third-order valence-electron chi connectivity index (χ3n) is 3.87. The first-order chi connectivity index (χ1) is 5.47. The number of pyridine rings is 1. The van der Waals surface area contributed by atoms with Crippen molar-refractivity contribution in [3.8, 4) is 0 Å². The molecule has 1 aromatic rings. The second kappa shape index (κ2) is 1.24. The van der Waals surface area contributed by atoms with Crippen LogP contribution in [0, 0.1) is 11.8 Å². The first-order valence-corrected chi connectivity index (χ1v) is 4.40. The zero-order valence-corrected chi connectivity index (χ0v) is 6.20. The van der Waals surface area contributed by atoms with Crippen LogP contribution in [0.25, 0.3) is 0 Å². The number of hydrogen-bond acceptors (Lipinski definition) is 1. The average molecular weight is 143 g/mol. The fraction of sp³-hybridized carbons (Fsp3) is 0.500. The summed E-state index contributed by atoms with van der Waals surface area (Å²) in [6, 6.07) is 2.22. The normalized spacial score (nSPS) is 47.6. The minimum atomic E-state index is 0.947. The van der Waals surface area contributed by atoms with Crippen LogP contribution in [0.3, 0.4) is 0 Å². The molecule has 3 aliphatic carbocycles. The minimum Gasteiger partial charge on any atom is -0.264 e. The standard InChI is InChI=1S/C10H9N/c1-2-11-4-8-5(1)6-3-7-9(6)10(7)8/h1-2,4,6-7,9-10H,3H2. The van der Waals surface area contributed by atoms with Crippen LogP contribution in [-0.4, -0.2) is 4.98 Å². The van der Waals surface area contributed by atoms with Gasteiger partial charge in [-0.1, -0.05) is 0 Å². The molecule has 0 bridgehead atoms. The van der Waals surface area contributed by atoms with Gasteiger partial charge in [0.1, 0.15) is 0 Å². The Labute approximate surface area is 65.5 Å². The summed E-state index contributed by atoms with van der Waals surface area (Å²) < 4.78 is 0. The predicted molar refractivity (Wildman–Crippen MR) is 41.3 cm³/mol. The maximum absolute atomic E-state index is 4.19. The van der Waals surface area contributed by atoms with Crippen LogP contribution in [0.2, 0.25) is 0 Å². The van der Waals surface area contributed by atoms with Crippen LogP contribution < -0.4 is 0 Å². The third kappa shape index (κ3) is 0.358. The van der Waals surface area contributed by atoms with E-state index in [-0.39, 0.29) is 0 Å². The second-order valence-corrected chi connectivity index (χ2v) is 4.11. The molecule has 0 aliphatic heterocycles. The molecule has 1 nitrogen and oxygen atoms in total. The molecule has 1 aromatic heterocycles. The fourth-order valence-corrected chi connectivity index (χ4v) is 3.31. The fourth-order valence-electron chi connectivity index (χ4n) is 3.31. The Bertz CT molecular complexity index is 319. The van der Waals surface area contributed by atoms with E-state index in [9.17, 15) is 0 Å². The van der Waals surface area contributed by atoms with E-state index in [1.165, 1.54) is 6.42 Å². The lowest BCUT2D eigenvalue weighted by molar-refractivity contribution is 0.387. The number of aromatic nitrogens is 1. The molecule has 0 amide bonds. The number of rotatable bonds is 0. The van der Waals surface area contributed by atoms with Gasteiger partial charge < -0.3 is 0 Å². The zero-order chi connectivity index (χ0) is 7.00. The number of nitrogens with zero attached hydrogens (tertiary/aromatic N) is 1. The first kappa shape index (κ1) is 4.91. The van der Waals surface area contributed by atoms with Gasteiger partial charge in [-0.2, -0.15) is 0 Å². The molecule has 0 radical (unpaired) electrons.